The highest BCUT2D eigenvalue weighted by Gasteiger charge is 2.18. The summed E-state index contributed by atoms with van der Waals surface area (Å²) in [6, 6.07) is 14.6. The van der Waals surface area contributed by atoms with Gasteiger partial charge >= 0.3 is 0 Å². The van der Waals surface area contributed by atoms with Crippen LogP contribution in [0.1, 0.15) is 24.0 Å². The van der Waals surface area contributed by atoms with E-state index in [-0.39, 0.29) is 5.92 Å². The lowest BCUT2D eigenvalue weighted by Crippen LogP contribution is -2.15. The second-order valence-corrected chi connectivity index (χ2v) is 6.21. The molecule has 0 aliphatic carbocycles. The predicted octanol–water partition coefficient (Wildman–Crippen LogP) is 3.96. The van der Waals surface area contributed by atoms with Crippen molar-refractivity contribution in [3.63, 3.8) is 0 Å². The number of aromatic nitrogens is 1. The quantitative estimate of drug-likeness (QED) is 0.709. The van der Waals surface area contributed by atoms with Crippen LogP contribution in [0.2, 0.25) is 0 Å². The van der Waals surface area contributed by atoms with Gasteiger partial charge in [0.15, 0.2) is 11.5 Å². The van der Waals surface area contributed by atoms with Crippen LogP contribution in [0.25, 0.3) is 10.9 Å². The first kappa shape index (κ1) is 17.4. The fraction of sp³-hybridized carbons (Fsp3) is 0.333. The molecule has 4 nitrogen and oxygen atoms in total. The number of fused-ring (bicyclic) bond motifs is 1. The maximum Gasteiger partial charge on any atom is 0.160 e. The second-order valence-electron chi connectivity index (χ2n) is 6.21. The molecule has 0 radical (unpaired) electrons. The number of para-hydroxylation sites is 1. The molecule has 2 aromatic carbocycles. The summed E-state index contributed by atoms with van der Waals surface area (Å²) in [5, 5.41) is 1.29. The van der Waals surface area contributed by atoms with Gasteiger partial charge in [0.2, 0.25) is 0 Å². The van der Waals surface area contributed by atoms with Gasteiger partial charge in [0.1, 0.15) is 0 Å². The van der Waals surface area contributed by atoms with Crippen LogP contribution in [-0.4, -0.2) is 25.3 Å². The van der Waals surface area contributed by atoms with Crippen LogP contribution in [0.3, 0.4) is 0 Å². The van der Waals surface area contributed by atoms with Crippen molar-refractivity contribution in [3.8, 4) is 11.5 Å². The Labute approximate surface area is 149 Å². The van der Waals surface area contributed by atoms with Gasteiger partial charge in [0, 0.05) is 29.6 Å². The Hall–Kier alpha value is -2.46. The van der Waals surface area contributed by atoms with E-state index in [2.05, 4.69) is 48.0 Å². The maximum absolute atomic E-state index is 6.16. The molecule has 0 fully saturated rings. The van der Waals surface area contributed by atoms with E-state index in [0.29, 0.717) is 6.54 Å². The highest BCUT2D eigenvalue weighted by molar-refractivity contribution is 5.84. The van der Waals surface area contributed by atoms with Gasteiger partial charge in [-0.3, -0.25) is 0 Å². The summed E-state index contributed by atoms with van der Waals surface area (Å²) >= 11 is 0. The highest BCUT2D eigenvalue weighted by atomic mass is 16.5. The van der Waals surface area contributed by atoms with Gasteiger partial charge in [-0.05, 0) is 49.2 Å². The van der Waals surface area contributed by atoms with Crippen LogP contribution in [0.5, 0.6) is 11.5 Å². The van der Waals surface area contributed by atoms with Crippen molar-refractivity contribution in [1.82, 2.24) is 4.57 Å². The topological polar surface area (TPSA) is 49.4 Å². The third-order valence-corrected chi connectivity index (χ3v) is 4.81. The minimum atomic E-state index is 0.260. The van der Waals surface area contributed by atoms with Crippen molar-refractivity contribution in [2.24, 2.45) is 5.73 Å². The molecule has 0 aliphatic heterocycles. The van der Waals surface area contributed by atoms with Gasteiger partial charge in [0.05, 0.1) is 14.2 Å². The van der Waals surface area contributed by atoms with Crippen molar-refractivity contribution in [3.05, 3.63) is 59.8 Å². The van der Waals surface area contributed by atoms with Crippen LogP contribution in [-0.2, 0) is 13.0 Å². The van der Waals surface area contributed by atoms with E-state index in [9.17, 15) is 0 Å². The fourth-order valence-electron chi connectivity index (χ4n) is 3.47. The Kier molecular flexibility index (Phi) is 5.29. The molecule has 0 saturated carbocycles. The molecule has 0 saturated heterocycles. The molecule has 0 amide bonds. The Bertz CT molecular complexity index is 854. The summed E-state index contributed by atoms with van der Waals surface area (Å²) < 4.78 is 13.1. The largest absolute Gasteiger partial charge is 0.493 e. The average Bonchev–Trinajstić information content (AvgIpc) is 3.04. The monoisotopic (exact) mass is 338 g/mol. The van der Waals surface area contributed by atoms with Gasteiger partial charge in [-0.1, -0.05) is 24.3 Å². The molecule has 25 heavy (non-hydrogen) atoms. The van der Waals surface area contributed by atoms with Crippen molar-refractivity contribution >= 4 is 10.9 Å². The molecule has 0 bridgehead atoms. The number of nitrogens with zero attached hydrogens (tertiary/aromatic N) is 1. The summed E-state index contributed by atoms with van der Waals surface area (Å²) in [5.41, 5.74) is 9.94. The number of benzene rings is 2. The van der Waals surface area contributed by atoms with Gasteiger partial charge in [0.25, 0.3) is 0 Å². The van der Waals surface area contributed by atoms with Crippen LogP contribution in [0.15, 0.2) is 48.7 Å². The van der Waals surface area contributed by atoms with Crippen LogP contribution >= 0.6 is 0 Å². The standard InChI is InChI=1S/C21H26N2O2/c1-4-23-14-18(17-7-5-6-8-19(17)23)16(13-22)11-15-9-10-20(24-2)21(12-15)25-3/h5-10,12,14,16H,4,11,13,22H2,1-3H3. The Balaban J connectivity index is 1.96. The maximum atomic E-state index is 6.16. The van der Waals surface area contributed by atoms with Gasteiger partial charge in [-0.2, -0.15) is 0 Å². The van der Waals surface area contributed by atoms with E-state index < -0.39 is 0 Å². The van der Waals surface area contributed by atoms with Gasteiger partial charge in [-0.15, -0.1) is 0 Å². The lowest BCUT2D eigenvalue weighted by atomic mass is 9.91. The Morgan fingerprint density at radius 3 is 2.48 bits per heavy atom. The molecular weight excluding hydrogens is 312 g/mol. The van der Waals surface area contributed by atoms with E-state index in [1.807, 2.05) is 12.1 Å². The smallest absolute Gasteiger partial charge is 0.160 e. The van der Waals surface area contributed by atoms with E-state index in [4.69, 9.17) is 15.2 Å². The molecule has 4 heteroatoms. The lowest BCUT2D eigenvalue weighted by molar-refractivity contribution is 0.354. The van der Waals surface area contributed by atoms with Crippen LogP contribution in [0.4, 0.5) is 0 Å². The number of rotatable bonds is 7. The fourth-order valence-corrected chi connectivity index (χ4v) is 3.47. The molecule has 1 aromatic heterocycles. The molecular formula is C21H26N2O2. The number of methoxy groups -OCH3 is 2. The number of hydrogen-bond acceptors (Lipinski definition) is 3. The molecule has 3 aromatic rings. The SMILES string of the molecule is CCn1cc(C(CN)Cc2ccc(OC)c(OC)c2)c2ccccc21. The molecule has 2 N–H and O–H groups in total. The van der Waals surface area contributed by atoms with Crippen LogP contribution in [0, 0.1) is 0 Å². The van der Waals surface area contributed by atoms with E-state index >= 15 is 0 Å². The summed E-state index contributed by atoms with van der Waals surface area (Å²) in [6.07, 6.45) is 3.12. The van der Waals surface area contributed by atoms with Crippen LogP contribution < -0.4 is 15.2 Å². The summed E-state index contributed by atoms with van der Waals surface area (Å²) in [5.74, 6) is 1.76. The van der Waals surface area contributed by atoms with E-state index in [0.717, 1.165) is 24.5 Å². The molecule has 1 heterocycles. The van der Waals surface area contributed by atoms with Gasteiger partial charge < -0.3 is 19.8 Å². The van der Waals surface area contributed by atoms with E-state index in [1.165, 1.54) is 22.0 Å². The molecule has 1 atom stereocenters. The average molecular weight is 338 g/mol. The molecule has 132 valence electrons. The third kappa shape index (κ3) is 3.35. The molecule has 3 rings (SSSR count). The zero-order valence-corrected chi connectivity index (χ0v) is 15.2. The summed E-state index contributed by atoms with van der Waals surface area (Å²) in [4.78, 5) is 0. The Morgan fingerprint density at radius 1 is 1.04 bits per heavy atom. The lowest BCUT2D eigenvalue weighted by Gasteiger charge is -2.16. The minimum Gasteiger partial charge on any atom is -0.493 e. The van der Waals surface area contributed by atoms with Crippen molar-refractivity contribution in [2.75, 3.05) is 20.8 Å². The van der Waals surface area contributed by atoms with Gasteiger partial charge in [-0.25, -0.2) is 0 Å². The first-order valence-electron chi connectivity index (χ1n) is 8.70. The zero-order chi connectivity index (χ0) is 17.8. The number of aryl methyl sites for hydroxylation is 1. The number of ether oxygens (including phenoxy) is 2. The number of nitrogens with two attached hydrogens (primary N) is 1. The third-order valence-electron chi connectivity index (χ3n) is 4.81. The predicted molar refractivity (Wildman–Crippen MR) is 103 cm³/mol. The minimum absolute atomic E-state index is 0.260. The second kappa shape index (κ2) is 7.62. The van der Waals surface area contributed by atoms with Crippen molar-refractivity contribution in [1.29, 1.82) is 0 Å². The van der Waals surface area contributed by atoms with Crippen molar-refractivity contribution < 1.29 is 9.47 Å². The molecule has 0 spiro atoms. The first-order chi connectivity index (χ1) is 12.2. The zero-order valence-electron chi connectivity index (χ0n) is 15.2. The Morgan fingerprint density at radius 2 is 1.80 bits per heavy atom. The van der Waals surface area contributed by atoms with E-state index in [1.54, 1.807) is 14.2 Å². The van der Waals surface area contributed by atoms with Crippen molar-refractivity contribution in [2.45, 2.75) is 25.8 Å². The molecule has 1 unspecified atom stereocenters. The summed E-state index contributed by atoms with van der Waals surface area (Å²) in [7, 11) is 3.32. The summed E-state index contributed by atoms with van der Waals surface area (Å²) in [6.45, 7) is 3.72. The highest BCUT2D eigenvalue weighted by Crippen LogP contribution is 2.33. The first-order valence-corrected chi connectivity index (χ1v) is 8.70. The molecule has 0 aliphatic rings. The normalized spacial score (nSPS) is 12.3. The number of hydrogen-bond donors (Lipinski definition) is 1.